The van der Waals surface area contributed by atoms with Gasteiger partial charge in [0.1, 0.15) is 5.75 Å². The Labute approximate surface area is 96.9 Å². The summed E-state index contributed by atoms with van der Waals surface area (Å²) in [7, 11) is 0. The van der Waals surface area contributed by atoms with E-state index in [1.807, 2.05) is 12.1 Å². The third-order valence-electron chi connectivity index (χ3n) is 3.78. The molecule has 1 aromatic carbocycles. The van der Waals surface area contributed by atoms with Gasteiger partial charge in [0.05, 0.1) is 6.10 Å². The molecule has 1 aliphatic rings. The van der Waals surface area contributed by atoms with Gasteiger partial charge in [0, 0.05) is 0 Å². The highest BCUT2D eigenvalue weighted by atomic mass is 16.3. The van der Waals surface area contributed by atoms with E-state index in [2.05, 4.69) is 13.8 Å². The van der Waals surface area contributed by atoms with Crippen molar-refractivity contribution in [2.24, 2.45) is 11.8 Å². The summed E-state index contributed by atoms with van der Waals surface area (Å²) < 4.78 is 0. The predicted molar refractivity (Wildman–Crippen MR) is 64.3 cm³/mol. The van der Waals surface area contributed by atoms with Crippen molar-refractivity contribution in [3.63, 3.8) is 0 Å². The average Bonchev–Trinajstić information content (AvgIpc) is 2.40. The van der Waals surface area contributed by atoms with Crippen molar-refractivity contribution in [1.82, 2.24) is 0 Å². The number of fused-ring (bicyclic) bond motifs is 1. The Bertz CT molecular complexity index is 371. The lowest BCUT2D eigenvalue weighted by molar-refractivity contribution is 0.132. The number of hydrogen-bond acceptors (Lipinski definition) is 2. The van der Waals surface area contributed by atoms with E-state index in [1.165, 1.54) is 0 Å². The molecule has 0 aromatic heterocycles. The van der Waals surface area contributed by atoms with Crippen molar-refractivity contribution in [2.75, 3.05) is 0 Å². The Hall–Kier alpha value is -1.02. The summed E-state index contributed by atoms with van der Waals surface area (Å²) in [6.07, 6.45) is 2.33. The molecule has 0 aliphatic heterocycles. The maximum atomic E-state index is 10.2. The first kappa shape index (κ1) is 11.5. The number of aliphatic hydroxyl groups is 1. The molecule has 1 aromatic rings. The smallest absolute Gasteiger partial charge is 0.119 e. The molecular formula is C14H20O2. The molecule has 0 saturated heterocycles. The highest BCUT2D eigenvalue weighted by Gasteiger charge is 2.26. The first-order valence-corrected chi connectivity index (χ1v) is 6.08. The third kappa shape index (κ3) is 2.07. The molecule has 2 nitrogen and oxygen atoms in total. The van der Waals surface area contributed by atoms with Crippen LogP contribution in [0.25, 0.3) is 0 Å². The molecule has 0 radical (unpaired) electrons. The fraction of sp³-hybridized carbons (Fsp3) is 0.571. The Morgan fingerprint density at radius 1 is 1.31 bits per heavy atom. The highest BCUT2D eigenvalue weighted by molar-refractivity contribution is 5.41. The van der Waals surface area contributed by atoms with E-state index in [0.29, 0.717) is 17.6 Å². The van der Waals surface area contributed by atoms with E-state index in [0.717, 1.165) is 30.4 Å². The number of phenols is 1. The maximum absolute atomic E-state index is 10.2. The predicted octanol–water partition coefficient (Wildman–Crippen LogP) is 3.03. The van der Waals surface area contributed by atoms with Crippen LogP contribution in [0.5, 0.6) is 5.75 Å². The van der Waals surface area contributed by atoms with Crippen LogP contribution in [0, 0.1) is 11.8 Å². The van der Waals surface area contributed by atoms with Crippen molar-refractivity contribution >= 4 is 0 Å². The summed E-state index contributed by atoms with van der Waals surface area (Å²) in [5.74, 6) is 1.47. The number of rotatable bonds is 1. The molecule has 0 heterocycles. The van der Waals surface area contributed by atoms with E-state index >= 15 is 0 Å². The molecule has 2 rings (SSSR count). The number of phenolic OH excluding ortho intramolecular Hbond substituents is 1. The van der Waals surface area contributed by atoms with E-state index < -0.39 is 6.10 Å². The lowest BCUT2D eigenvalue weighted by atomic mass is 9.88. The zero-order valence-electron chi connectivity index (χ0n) is 9.98. The van der Waals surface area contributed by atoms with Crippen LogP contribution in [0.2, 0.25) is 0 Å². The van der Waals surface area contributed by atoms with E-state index in [9.17, 15) is 10.2 Å². The Morgan fingerprint density at radius 3 is 2.75 bits per heavy atom. The van der Waals surface area contributed by atoms with Crippen LogP contribution < -0.4 is 0 Å². The zero-order valence-corrected chi connectivity index (χ0v) is 9.98. The van der Waals surface area contributed by atoms with Gasteiger partial charge in [-0.3, -0.25) is 0 Å². The third-order valence-corrected chi connectivity index (χ3v) is 3.78. The SMILES string of the molecule is CC(C)[C@H]1CCc2c(O)cccc2C(O)C1. The molecule has 88 valence electrons. The second-order valence-corrected chi connectivity index (χ2v) is 5.14. The normalized spacial score (nSPS) is 25.2. The van der Waals surface area contributed by atoms with Crippen LogP contribution in [-0.2, 0) is 6.42 Å². The summed E-state index contributed by atoms with van der Waals surface area (Å²) in [6.45, 7) is 4.40. The van der Waals surface area contributed by atoms with Gasteiger partial charge in [-0.2, -0.15) is 0 Å². The minimum atomic E-state index is -0.419. The molecule has 2 heteroatoms. The number of aromatic hydroxyl groups is 1. The van der Waals surface area contributed by atoms with Gasteiger partial charge in [0.2, 0.25) is 0 Å². The van der Waals surface area contributed by atoms with Crippen LogP contribution in [0.1, 0.15) is 43.9 Å². The fourth-order valence-corrected chi connectivity index (χ4v) is 2.64. The van der Waals surface area contributed by atoms with Gasteiger partial charge in [-0.1, -0.05) is 26.0 Å². The van der Waals surface area contributed by atoms with Crippen LogP contribution in [0.3, 0.4) is 0 Å². The minimum absolute atomic E-state index is 0.334. The Morgan fingerprint density at radius 2 is 2.06 bits per heavy atom. The van der Waals surface area contributed by atoms with Gasteiger partial charge < -0.3 is 10.2 Å². The second kappa shape index (κ2) is 4.46. The fourth-order valence-electron chi connectivity index (χ4n) is 2.64. The summed E-state index contributed by atoms with van der Waals surface area (Å²) >= 11 is 0. The van der Waals surface area contributed by atoms with Crippen LogP contribution in [0.4, 0.5) is 0 Å². The van der Waals surface area contributed by atoms with Gasteiger partial charge in [-0.15, -0.1) is 0 Å². The van der Waals surface area contributed by atoms with Crippen molar-refractivity contribution in [3.05, 3.63) is 29.3 Å². The van der Waals surface area contributed by atoms with Gasteiger partial charge in [-0.25, -0.2) is 0 Å². The summed E-state index contributed by atoms with van der Waals surface area (Å²) in [6, 6.07) is 5.46. The van der Waals surface area contributed by atoms with Crippen molar-refractivity contribution < 1.29 is 10.2 Å². The molecule has 2 atom stereocenters. The molecule has 0 bridgehead atoms. The monoisotopic (exact) mass is 220 g/mol. The van der Waals surface area contributed by atoms with Gasteiger partial charge in [0.15, 0.2) is 0 Å². The molecule has 2 N–H and O–H groups in total. The van der Waals surface area contributed by atoms with Gasteiger partial charge in [-0.05, 0) is 48.3 Å². The number of hydrogen-bond donors (Lipinski definition) is 2. The number of benzene rings is 1. The maximum Gasteiger partial charge on any atom is 0.119 e. The molecule has 16 heavy (non-hydrogen) atoms. The average molecular weight is 220 g/mol. The molecular weight excluding hydrogens is 200 g/mol. The summed E-state index contributed by atoms with van der Waals surface area (Å²) in [4.78, 5) is 0. The molecule has 1 unspecified atom stereocenters. The first-order chi connectivity index (χ1) is 7.59. The molecule has 0 fully saturated rings. The minimum Gasteiger partial charge on any atom is -0.508 e. The molecule has 0 saturated carbocycles. The standard InChI is InChI=1S/C14H20O2/c1-9(2)10-6-7-12-11(14(16)8-10)4-3-5-13(12)15/h3-5,9-10,14-16H,6-8H2,1-2H3/t10-,14?/m0/s1. The largest absolute Gasteiger partial charge is 0.508 e. The molecule has 1 aliphatic carbocycles. The Balaban J connectivity index is 2.32. The van der Waals surface area contributed by atoms with Gasteiger partial charge in [0.25, 0.3) is 0 Å². The molecule has 0 spiro atoms. The topological polar surface area (TPSA) is 40.5 Å². The Kier molecular flexibility index (Phi) is 3.20. The van der Waals surface area contributed by atoms with E-state index in [4.69, 9.17) is 0 Å². The highest BCUT2D eigenvalue weighted by Crippen LogP contribution is 2.38. The zero-order chi connectivity index (χ0) is 11.7. The van der Waals surface area contributed by atoms with Crippen molar-refractivity contribution in [2.45, 2.75) is 39.2 Å². The van der Waals surface area contributed by atoms with Crippen LogP contribution in [0.15, 0.2) is 18.2 Å². The lowest BCUT2D eigenvalue weighted by Crippen LogP contribution is -2.11. The van der Waals surface area contributed by atoms with E-state index in [-0.39, 0.29) is 0 Å². The quantitative estimate of drug-likeness (QED) is 0.714. The van der Waals surface area contributed by atoms with E-state index in [1.54, 1.807) is 6.07 Å². The first-order valence-electron chi connectivity index (χ1n) is 6.08. The summed E-state index contributed by atoms with van der Waals surface area (Å²) in [5.41, 5.74) is 1.86. The van der Waals surface area contributed by atoms with Crippen LogP contribution in [-0.4, -0.2) is 10.2 Å². The van der Waals surface area contributed by atoms with Crippen molar-refractivity contribution in [3.8, 4) is 5.75 Å². The van der Waals surface area contributed by atoms with Crippen LogP contribution >= 0.6 is 0 Å². The number of aliphatic hydroxyl groups excluding tert-OH is 1. The van der Waals surface area contributed by atoms with Gasteiger partial charge >= 0.3 is 0 Å². The second-order valence-electron chi connectivity index (χ2n) is 5.14. The lowest BCUT2D eigenvalue weighted by Gasteiger charge is -2.20. The van der Waals surface area contributed by atoms with Crippen molar-refractivity contribution in [1.29, 1.82) is 0 Å². The molecule has 0 amide bonds. The summed E-state index contributed by atoms with van der Waals surface area (Å²) in [5, 5.41) is 20.0.